The highest BCUT2D eigenvalue weighted by atomic mass is 32.1. The molecule has 0 aliphatic carbocycles. The van der Waals surface area contributed by atoms with Gasteiger partial charge in [0.05, 0.1) is 0 Å². The van der Waals surface area contributed by atoms with Gasteiger partial charge in [0.1, 0.15) is 0 Å². The molecule has 1 rings (SSSR count). The number of nitrogens with one attached hydrogen (secondary N) is 1. The van der Waals surface area contributed by atoms with Gasteiger partial charge >= 0.3 is 12.0 Å². The van der Waals surface area contributed by atoms with Gasteiger partial charge in [-0.2, -0.15) is 0 Å². The third-order valence-corrected chi connectivity index (χ3v) is 3.72. The predicted molar refractivity (Wildman–Crippen MR) is 75.4 cm³/mol. The Hall–Kier alpha value is -1.56. The Balaban J connectivity index is 2.55. The van der Waals surface area contributed by atoms with Crippen LogP contribution in [0.1, 0.15) is 37.1 Å². The summed E-state index contributed by atoms with van der Waals surface area (Å²) >= 11 is 1.32. The van der Waals surface area contributed by atoms with Crippen LogP contribution in [0.5, 0.6) is 0 Å². The zero-order valence-corrected chi connectivity index (χ0v) is 12.1. The van der Waals surface area contributed by atoms with Crippen molar-refractivity contribution in [2.45, 2.75) is 32.2 Å². The van der Waals surface area contributed by atoms with Gasteiger partial charge in [0.2, 0.25) is 0 Å². The van der Waals surface area contributed by atoms with Crippen LogP contribution in [0.4, 0.5) is 4.79 Å². The van der Waals surface area contributed by atoms with E-state index >= 15 is 0 Å². The summed E-state index contributed by atoms with van der Waals surface area (Å²) in [6.45, 7) is 2.73. The Morgan fingerprint density at radius 1 is 1.47 bits per heavy atom. The van der Waals surface area contributed by atoms with Crippen molar-refractivity contribution >= 4 is 23.3 Å². The molecule has 1 heterocycles. The molecule has 0 radical (unpaired) electrons. The lowest BCUT2D eigenvalue weighted by atomic mass is 10.2. The van der Waals surface area contributed by atoms with Crippen LogP contribution in [-0.4, -0.2) is 35.6 Å². The van der Waals surface area contributed by atoms with Crippen molar-refractivity contribution in [2.75, 3.05) is 13.6 Å². The average molecular weight is 284 g/mol. The molecular formula is C13H20N2O3S. The molecule has 0 bridgehead atoms. The van der Waals surface area contributed by atoms with Crippen LogP contribution in [0.3, 0.4) is 0 Å². The molecule has 5 nitrogen and oxygen atoms in total. The molecule has 19 heavy (non-hydrogen) atoms. The van der Waals surface area contributed by atoms with Crippen LogP contribution in [0, 0.1) is 0 Å². The molecule has 0 aromatic carbocycles. The number of carboxylic acid groups (broad SMARTS) is 1. The minimum absolute atomic E-state index is 0.350. The first-order valence-corrected chi connectivity index (χ1v) is 7.22. The number of hydrogen-bond acceptors (Lipinski definition) is 3. The van der Waals surface area contributed by atoms with Crippen LogP contribution < -0.4 is 5.32 Å². The molecule has 0 aliphatic rings. The highest BCUT2D eigenvalue weighted by Gasteiger charge is 2.24. The van der Waals surface area contributed by atoms with E-state index in [2.05, 4.69) is 12.2 Å². The maximum atomic E-state index is 11.9. The van der Waals surface area contributed by atoms with E-state index in [1.165, 1.54) is 16.2 Å². The van der Waals surface area contributed by atoms with Crippen LogP contribution in [0.25, 0.3) is 0 Å². The molecular weight excluding hydrogens is 264 g/mol. The number of thiophene rings is 1. The molecule has 6 heteroatoms. The van der Waals surface area contributed by atoms with Crippen molar-refractivity contribution in [3.05, 3.63) is 22.4 Å². The predicted octanol–water partition coefficient (Wildman–Crippen LogP) is 2.71. The summed E-state index contributed by atoms with van der Waals surface area (Å²) < 4.78 is 0. The van der Waals surface area contributed by atoms with E-state index in [0.717, 1.165) is 19.3 Å². The Morgan fingerprint density at radius 2 is 2.21 bits per heavy atom. The number of hydrogen-bond donors (Lipinski definition) is 2. The highest BCUT2D eigenvalue weighted by Crippen LogP contribution is 2.19. The normalized spacial score (nSPS) is 11.9. The number of rotatable bonds is 7. The monoisotopic (exact) mass is 284 g/mol. The van der Waals surface area contributed by atoms with Gasteiger partial charge in [-0.15, -0.1) is 11.3 Å². The summed E-state index contributed by atoms with van der Waals surface area (Å²) in [6.07, 6.45) is 3.07. The first-order valence-electron chi connectivity index (χ1n) is 6.34. The Bertz CT molecular complexity index is 406. The number of carboxylic acids is 1. The topological polar surface area (TPSA) is 69.6 Å². The quantitative estimate of drug-likeness (QED) is 0.756. The molecule has 1 unspecified atom stereocenters. The number of amides is 2. The summed E-state index contributed by atoms with van der Waals surface area (Å²) in [6, 6.07) is 2.16. The number of urea groups is 1. The number of aliphatic carboxylic acids is 1. The van der Waals surface area contributed by atoms with E-state index in [1.807, 2.05) is 0 Å². The third kappa shape index (κ3) is 4.90. The molecule has 106 valence electrons. The molecule has 1 aromatic heterocycles. The van der Waals surface area contributed by atoms with Gasteiger partial charge in [-0.05, 0) is 17.9 Å². The molecule has 0 saturated carbocycles. The zero-order chi connectivity index (χ0) is 14.3. The fourth-order valence-electron chi connectivity index (χ4n) is 1.64. The Labute approximate surface area is 117 Å². The van der Waals surface area contributed by atoms with Crippen LogP contribution in [-0.2, 0) is 4.79 Å². The summed E-state index contributed by atoms with van der Waals surface area (Å²) in [5.41, 5.74) is 0. The van der Waals surface area contributed by atoms with Gasteiger partial charge in [0.25, 0.3) is 0 Å². The molecule has 0 aliphatic heterocycles. The van der Waals surface area contributed by atoms with Gasteiger partial charge in [0.15, 0.2) is 6.04 Å². The Kier molecular flexibility index (Phi) is 6.35. The maximum absolute atomic E-state index is 11.9. The minimum atomic E-state index is -1.04. The van der Waals surface area contributed by atoms with Crippen molar-refractivity contribution in [1.82, 2.24) is 10.2 Å². The molecule has 1 atom stereocenters. The maximum Gasteiger partial charge on any atom is 0.331 e. The number of unbranched alkanes of at least 4 members (excludes halogenated alkanes) is 2. The fraction of sp³-hybridized carbons (Fsp3) is 0.538. The number of nitrogens with zero attached hydrogens (tertiary/aromatic N) is 1. The second-order valence-electron chi connectivity index (χ2n) is 4.36. The summed E-state index contributed by atoms with van der Waals surface area (Å²) in [5.74, 6) is -1.04. The average Bonchev–Trinajstić information content (AvgIpc) is 2.88. The van der Waals surface area contributed by atoms with Crippen molar-refractivity contribution in [3.8, 4) is 0 Å². The zero-order valence-electron chi connectivity index (χ0n) is 11.3. The van der Waals surface area contributed by atoms with E-state index < -0.39 is 12.0 Å². The van der Waals surface area contributed by atoms with Crippen molar-refractivity contribution in [3.63, 3.8) is 0 Å². The van der Waals surface area contributed by atoms with Gasteiger partial charge < -0.3 is 15.3 Å². The van der Waals surface area contributed by atoms with E-state index in [4.69, 9.17) is 5.11 Å². The standard InChI is InChI=1S/C13H20N2O3S/c1-3-4-5-8-15(2)13(18)14-11(12(16)17)10-7-6-9-19-10/h6-7,9,11H,3-5,8H2,1-2H3,(H,14,18)(H,16,17). The fourth-order valence-corrected chi connectivity index (χ4v) is 2.41. The molecule has 0 saturated heterocycles. The molecule has 0 fully saturated rings. The Morgan fingerprint density at radius 3 is 2.74 bits per heavy atom. The van der Waals surface area contributed by atoms with E-state index in [9.17, 15) is 9.59 Å². The smallest absolute Gasteiger partial charge is 0.331 e. The van der Waals surface area contributed by atoms with Crippen molar-refractivity contribution < 1.29 is 14.7 Å². The van der Waals surface area contributed by atoms with E-state index in [0.29, 0.717) is 11.4 Å². The van der Waals surface area contributed by atoms with Crippen LogP contribution in [0.2, 0.25) is 0 Å². The van der Waals surface area contributed by atoms with Gasteiger partial charge in [-0.25, -0.2) is 9.59 Å². The van der Waals surface area contributed by atoms with Gasteiger partial charge in [-0.3, -0.25) is 0 Å². The number of carbonyl (C=O) groups excluding carboxylic acids is 1. The minimum Gasteiger partial charge on any atom is -0.479 e. The third-order valence-electron chi connectivity index (χ3n) is 2.79. The summed E-state index contributed by atoms with van der Waals surface area (Å²) in [7, 11) is 1.68. The first kappa shape index (κ1) is 15.5. The lowest BCUT2D eigenvalue weighted by Crippen LogP contribution is -2.42. The lowest BCUT2D eigenvalue weighted by Gasteiger charge is -2.20. The molecule has 2 amide bonds. The van der Waals surface area contributed by atoms with Gasteiger partial charge in [-0.1, -0.05) is 25.8 Å². The van der Waals surface area contributed by atoms with Gasteiger partial charge in [0, 0.05) is 18.5 Å². The van der Waals surface area contributed by atoms with Crippen LogP contribution >= 0.6 is 11.3 Å². The summed E-state index contributed by atoms with van der Waals surface area (Å²) in [5, 5.41) is 13.5. The second kappa shape index (κ2) is 7.78. The van der Waals surface area contributed by atoms with E-state index in [-0.39, 0.29) is 6.03 Å². The SMILES string of the molecule is CCCCCN(C)C(=O)NC(C(=O)O)c1cccs1. The number of carbonyl (C=O) groups is 2. The lowest BCUT2D eigenvalue weighted by molar-refractivity contribution is -0.139. The van der Waals surface area contributed by atoms with E-state index in [1.54, 1.807) is 24.6 Å². The van der Waals surface area contributed by atoms with Crippen LogP contribution in [0.15, 0.2) is 17.5 Å². The second-order valence-corrected chi connectivity index (χ2v) is 5.34. The van der Waals surface area contributed by atoms with Crippen molar-refractivity contribution in [1.29, 1.82) is 0 Å². The largest absolute Gasteiger partial charge is 0.479 e. The molecule has 0 spiro atoms. The van der Waals surface area contributed by atoms with Crippen molar-refractivity contribution in [2.24, 2.45) is 0 Å². The molecule has 2 N–H and O–H groups in total. The highest BCUT2D eigenvalue weighted by molar-refractivity contribution is 7.10. The summed E-state index contributed by atoms with van der Waals surface area (Å²) in [4.78, 5) is 25.2. The molecule has 1 aromatic rings. The first-order chi connectivity index (χ1) is 9.06.